The van der Waals surface area contributed by atoms with E-state index in [-0.39, 0.29) is 23.2 Å². The molecule has 0 aromatic carbocycles. The van der Waals surface area contributed by atoms with Crippen LogP contribution in [-0.4, -0.2) is 41.7 Å². The Hall–Kier alpha value is -1.69. The second kappa shape index (κ2) is 5.97. The van der Waals surface area contributed by atoms with Gasteiger partial charge in [0.05, 0.1) is 5.75 Å². The van der Waals surface area contributed by atoms with Gasteiger partial charge in [-0.2, -0.15) is 18.4 Å². The zero-order chi connectivity index (χ0) is 14.6. The molecule has 5 nitrogen and oxygen atoms in total. The van der Waals surface area contributed by atoms with Crippen LogP contribution in [0.4, 0.5) is 13.2 Å². The molecule has 1 fully saturated rings. The van der Waals surface area contributed by atoms with Crippen LogP contribution in [0.15, 0.2) is 10.6 Å². The number of nitrogens with zero attached hydrogens (tertiary/aromatic N) is 2. The summed E-state index contributed by atoms with van der Waals surface area (Å²) in [5.41, 5.74) is -0.470. The van der Waals surface area contributed by atoms with Crippen molar-refractivity contribution in [3.05, 3.63) is 10.6 Å². The summed E-state index contributed by atoms with van der Waals surface area (Å²) in [6, 6.07) is 1.55. The van der Waals surface area contributed by atoms with Gasteiger partial charge in [-0.3, -0.25) is 9.59 Å². The number of alkyl halides is 3. The van der Waals surface area contributed by atoms with Gasteiger partial charge in [-0.1, -0.05) is 11.8 Å². The molecule has 1 N–H and O–H groups in total. The Labute approximate surface area is 111 Å². The molecule has 1 aliphatic heterocycles. The number of amides is 2. The van der Waals surface area contributed by atoms with Gasteiger partial charge in [0.1, 0.15) is 23.2 Å². The molecule has 1 saturated heterocycles. The largest absolute Gasteiger partial charge is 0.405 e. The second-order valence-electron chi connectivity index (χ2n) is 3.52. The Morgan fingerprint density at radius 1 is 1.58 bits per heavy atom. The van der Waals surface area contributed by atoms with Crippen LogP contribution in [0.5, 0.6) is 0 Å². The average molecular weight is 293 g/mol. The van der Waals surface area contributed by atoms with E-state index in [2.05, 4.69) is 0 Å². The summed E-state index contributed by atoms with van der Waals surface area (Å²) < 4.78 is 35.9. The Kier molecular flexibility index (Phi) is 4.83. The number of carbonyl (C=O) groups excluding carboxylic acids is 2. The lowest BCUT2D eigenvalue weighted by Crippen LogP contribution is -2.35. The molecule has 19 heavy (non-hydrogen) atoms. The lowest BCUT2D eigenvalue weighted by Gasteiger charge is -2.15. The van der Waals surface area contributed by atoms with E-state index in [9.17, 15) is 22.8 Å². The highest BCUT2D eigenvalue weighted by Crippen LogP contribution is 2.31. The van der Waals surface area contributed by atoms with Crippen molar-refractivity contribution >= 4 is 23.6 Å². The van der Waals surface area contributed by atoms with Gasteiger partial charge in [-0.25, -0.2) is 0 Å². The van der Waals surface area contributed by atoms with E-state index in [0.29, 0.717) is 0 Å². The Morgan fingerprint density at radius 2 is 2.21 bits per heavy atom. The van der Waals surface area contributed by atoms with Crippen LogP contribution in [0.3, 0.4) is 0 Å². The maximum Gasteiger partial charge on any atom is 0.405 e. The number of halogens is 3. The summed E-state index contributed by atoms with van der Waals surface area (Å²) in [6.07, 6.45) is -4.55. The third-order valence-corrected chi connectivity index (χ3v) is 3.29. The number of carbonyl (C=O) groups is 2. The molecule has 1 rings (SSSR count). The fourth-order valence-electron chi connectivity index (χ4n) is 1.39. The van der Waals surface area contributed by atoms with Crippen molar-refractivity contribution < 1.29 is 22.8 Å². The summed E-state index contributed by atoms with van der Waals surface area (Å²) in [6.45, 7) is 0.375. The minimum atomic E-state index is -4.55. The molecule has 0 aromatic rings. The highest BCUT2D eigenvalue weighted by Gasteiger charge is 2.33. The van der Waals surface area contributed by atoms with E-state index in [4.69, 9.17) is 5.26 Å². The van der Waals surface area contributed by atoms with Gasteiger partial charge in [0.2, 0.25) is 5.91 Å². The fourth-order valence-corrected chi connectivity index (χ4v) is 2.48. The van der Waals surface area contributed by atoms with Crippen molar-refractivity contribution in [3.63, 3.8) is 0 Å². The highest BCUT2D eigenvalue weighted by atomic mass is 32.2. The van der Waals surface area contributed by atoms with Crippen LogP contribution in [0.25, 0.3) is 0 Å². The maximum absolute atomic E-state index is 12.0. The van der Waals surface area contributed by atoms with E-state index >= 15 is 0 Å². The van der Waals surface area contributed by atoms with Crippen molar-refractivity contribution in [1.29, 1.82) is 5.26 Å². The molecule has 0 bridgehead atoms. The highest BCUT2D eigenvalue weighted by molar-refractivity contribution is 8.04. The fraction of sp³-hybridized carbons (Fsp3) is 0.500. The number of rotatable bonds is 3. The van der Waals surface area contributed by atoms with Crippen LogP contribution in [0, 0.1) is 11.3 Å². The van der Waals surface area contributed by atoms with Crippen molar-refractivity contribution in [2.24, 2.45) is 0 Å². The standard InChI is InChI=1S/C10H10F3N3O2S/c1-2-16-7(17)4-19-9(16)6(3-14)8(18)15-5-10(11,12)13/h2,4-5H2,1H3,(H,15,18)/b9-6+. The third-order valence-electron chi connectivity index (χ3n) is 2.20. The summed E-state index contributed by atoms with van der Waals surface area (Å²) in [7, 11) is 0. The van der Waals surface area contributed by atoms with Crippen LogP contribution in [0.2, 0.25) is 0 Å². The SMILES string of the molecule is CCN1C(=O)CS/C1=C(\C#N)C(=O)NCC(F)(F)F. The van der Waals surface area contributed by atoms with E-state index < -0.39 is 24.2 Å². The number of hydrogen-bond donors (Lipinski definition) is 1. The Morgan fingerprint density at radius 3 is 2.68 bits per heavy atom. The first-order valence-electron chi connectivity index (χ1n) is 5.22. The topological polar surface area (TPSA) is 73.2 Å². The van der Waals surface area contributed by atoms with Crippen molar-refractivity contribution in [2.75, 3.05) is 18.8 Å². The third kappa shape index (κ3) is 3.89. The molecule has 1 heterocycles. The number of nitriles is 1. The second-order valence-corrected chi connectivity index (χ2v) is 4.48. The van der Waals surface area contributed by atoms with Crippen molar-refractivity contribution in [1.82, 2.24) is 10.2 Å². The van der Waals surface area contributed by atoms with Gasteiger partial charge in [-0.15, -0.1) is 0 Å². The molecule has 0 radical (unpaired) electrons. The molecular weight excluding hydrogens is 283 g/mol. The van der Waals surface area contributed by atoms with Gasteiger partial charge in [0, 0.05) is 6.54 Å². The lowest BCUT2D eigenvalue weighted by atomic mass is 10.3. The predicted octanol–water partition coefficient (Wildman–Crippen LogP) is 0.995. The smallest absolute Gasteiger partial charge is 0.342 e. The molecule has 0 saturated carbocycles. The molecule has 0 aliphatic carbocycles. The van der Waals surface area contributed by atoms with E-state index in [1.165, 1.54) is 4.90 Å². The molecule has 0 aromatic heterocycles. The van der Waals surface area contributed by atoms with E-state index in [0.717, 1.165) is 11.8 Å². The monoisotopic (exact) mass is 293 g/mol. The van der Waals surface area contributed by atoms with Crippen LogP contribution < -0.4 is 5.32 Å². The predicted molar refractivity (Wildman–Crippen MR) is 61.5 cm³/mol. The summed E-state index contributed by atoms with van der Waals surface area (Å²) in [5, 5.41) is 10.6. The van der Waals surface area contributed by atoms with Gasteiger partial charge in [0.15, 0.2) is 0 Å². The lowest BCUT2D eigenvalue weighted by molar-refractivity contribution is -0.136. The summed E-state index contributed by atoms with van der Waals surface area (Å²) in [5.74, 6) is -1.34. The van der Waals surface area contributed by atoms with E-state index in [1.807, 2.05) is 0 Å². The van der Waals surface area contributed by atoms with Crippen LogP contribution >= 0.6 is 11.8 Å². The first-order chi connectivity index (χ1) is 8.80. The first-order valence-corrected chi connectivity index (χ1v) is 6.21. The normalized spacial score (nSPS) is 18.3. The van der Waals surface area contributed by atoms with Gasteiger partial charge < -0.3 is 10.2 Å². The molecule has 104 valence electrons. The van der Waals surface area contributed by atoms with Gasteiger partial charge >= 0.3 is 6.18 Å². The molecular formula is C10H10F3N3O2S. The zero-order valence-electron chi connectivity index (χ0n) is 9.87. The van der Waals surface area contributed by atoms with Crippen LogP contribution in [-0.2, 0) is 9.59 Å². The van der Waals surface area contributed by atoms with Crippen LogP contribution in [0.1, 0.15) is 6.92 Å². The molecule has 2 amide bonds. The van der Waals surface area contributed by atoms with Crippen molar-refractivity contribution in [3.8, 4) is 6.07 Å². The quantitative estimate of drug-likeness (QED) is 0.622. The number of nitrogens with one attached hydrogen (secondary N) is 1. The molecule has 0 spiro atoms. The van der Waals surface area contributed by atoms with E-state index in [1.54, 1.807) is 18.3 Å². The Bertz CT molecular complexity index is 468. The summed E-state index contributed by atoms with van der Waals surface area (Å²) >= 11 is 0.969. The van der Waals surface area contributed by atoms with Crippen molar-refractivity contribution in [2.45, 2.75) is 13.1 Å². The maximum atomic E-state index is 12.0. The van der Waals surface area contributed by atoms with Gasteiger partial charge in [0.25, 0.3) is 5.91 Å². The van der Waals surface area contributed by atoms with Gasteiger partial charge in [-0.05, 0) is 6.92 Å². The molecule has 0 atom stereocenters. The number of hydrogen-bond acceptors (Lipinski definition) is 4. The molecule has 9 heteroatoms. The Balaban J connectivity index is 2.91. The first kappa shape index (κ1) is 15.4. The minimum absolute atomic E-state index is 0.0703. The number of thioether (sulfide) groups is 1. The zero-order valence-corrected chi connectivity index (χ0v) is 10.7. The minimum Gasteiger partial charge on any atom is -0.342 e. The molecule has 0 unspecified atom stereocenters. The average Bonchev–Trinajstić information content (AvgIpc) is 2.68. The summed E-state index contributed by atoms with van der Waals surface area (Å²) in [4.78, 5) is 24.2. The molecule has 1 aliphatic rings.